The van der Waals surface area contributed by atoms with Crippen LogP contribution in [0.5, 0.6) is 5.75 Å². The first-order chi connectivity index (χ1) is 7.74. The van der Waals surface area contributed by atoms with Crippen LogP contribution in [0.4, 0.5) is 0 Å². The maximum absolute atomic E-state index is 5.84. The Balaban J connectivity index is 2.21. The Morgan fingerprint density at radius 3 is 2.56 bits per heavy atom. The third-order valence-electron chi connectivity index (χ3n) is 2.18. The molecule has 0 fully saturated rings. The number of ether oxygens (including phenoxy) is 1. The summed E-state index contributed by atoms with van der Waals surface area (Å²) >= 11 is 14.8. The molecule has 4 heteroatoms. The van der Waals surface area contributed by atoms with Crippen molar-refractivity contribution in [1.29, 1.82) is 0 Å². The zero-order valence-corrected chi connectivity index (χ0v) is 12.1. The van der Waals surface area contributed by atoms with E-state index in [-0.39, 0.29) is 0 Å². The third-order valence-corrected chi connectivity index (χ3v) is 3.30. The summed E-state index contributed by atoms with van der Waals surface area (Å²) in [4.78, 5) is 0. The van der Waals surface area contributed by atoms with E-state index in [4.69, 9.17) is 27.9 Å². The minimum atomic E-state index is 0.710. The summed E-state index contributed by atoms with van der Waals surface area (Å²) in [5, 5.41) is 0.710. The van der Waals surface area contributed by atoms with Gasteiger partial charge in [-0.2, -0.15) is 0 Å². The van der Waals surface area contributed by atoms with Gasteiger partial charge in [0, 0.05) is 10.9 Å². The first-order valence-electron chi connectivity index (χ1n) is 5.38. The van der Waals surface area contributed by atoms with Crippen molar-refractivity contribution in [1.82, 2.24) is 0 Å². The van der Waals surface area contributed by atoms with Gasteiger partial charge in [-0.3, -0.25) is 0 Å². The van der Waals surface area contributed by atoms with Crippen molar-refractivity contribution in [3.05, 3.63) is 27.7 Å². The van der Waals surface area contributed by atoms with E-state index in [9.17, 15) is 0 Å². The van der Waals surface area contributed by atoms with Gasteiger partial charge in [0.25, 0.3) is 0 Å². The number of halogens is 3. The largest absolute Gasteiger partial charge is 0.492 e. The van der Waals surface area contributed by atoms with Crippen molar-refractivity contribution in [2.75, 3.05) is 12.5 Å². The van der Waals surface area contributed by atoms with Crippen molar-refractivity contribution in [2.45, 2.75) is 25.7 Å². The van der Waals surface area contributed by atoms with Gasteiger partial charge in [-0.15, -0.1) is 11.6 Å². The second-order valence-corrected chi connectivity index (χ2v) is 5.20. The zero-order chi connectivity index (χ0) is 11.8. The molecule has 0 bridgehead atoms. The molecule has 0 N–H and O–H groups in total. The molecule has 1 aromatic carbocycles. The van der Waals surface area contributed by atoms with Gasteiger partial charge in [0.15, 0.2) is 0 Å². The molecule has 0 saturated carbocycles. The second-order valence-electron chi connectivity index (χ2n) is 3.53. The van der Waals surface area contributed by atoms with Crippen molar-refractivity contribution < 1.29 is 4.74 Å². The average molecular weight is 326 g/mol. The number of benzene rings is 1. The molecule has 0 atom stereocenters. The minimum Gasteiger partial charge on any atom is -0.492 e. The molecule has 0 unspecified atom stereocenters. The van der Waals surface area contributed by atoms with Crippen LogP contribution in [0, 0.1) is 0 Å². The molecular weight excluding hydrogens is 311 g/mol. The Labute approximate surface area is 115 Å². The van der Waals surface area contributed by atoms with Gasteiger partial charge in [0.2, 0.25) is 0 Å². The average Bonchev–Trinajstić information content (AvgIpc) is 2.26. The van der Waals surface area contributed by atoms with Gasteiger partial charge in [-0.05, 0) is 47.0 Å². The van der Waals surface area contributed by atoms with E-state index >= 15 is 0 Å². The summed E-state index contributed by atoms with van der Waals surface area (Å²) in [7, 11) is 0. The van der Waals surface area contributed by atoms with Gasteiger partial charge in [-0.25, -0.2) is 0 Å². The van der Waals surface area contributed by atoms with E-state index < -0.39 is 0 Å². The molecule has 0 amide bonds. The summed E-state index contributed by atoms with van der Waals surface area (Å²) in [5.74, 6) is 1.60. The molecule has 1 aromatic rings. The number of hydrogen-bond donors (Lipinski definition) is 0. The van der Waals surface area contributed by atoms with Crippen LogP contribution in [0.15, 0.2) is 22.7 Å². The Morgan fingerprint density at radius 2 is 1.88 bits per heavy atom. The topological polar surface area (TPSA) is 9.23 Å². The van der Waals surface area contributed by atoms with E-state index in [0.29, 0.717) is 5.02 Å². The molecular formula is C12H15BrCl2O. The molecule has 0 aliphatic rings. The molecule has 0 spiro atoms. The minimum absolute atomic E-state index is 0.710. The highest BCUT2D eigenvalue weighted by molar-refractivity contribution is 9.10. The van der Waals surface area contributed by atoms with E-state index in [1.807, 2.05) is 18.2 Å². The lowest BCUT2D eigenvalue weighted by Crippen LogP contribution is -1.97. The highest BCUT2D eigenvalue weighted by Crippen LogP contribution is 2.28. The Hall–Kier alpha value is 0.0800. The lowest BCUT2D eigenvalue weighted by molar-refractivity contribution is 0.303. The second kappa shape index (κ2) is 8.21. The molecule has 0 saturated heterocycles. The molecule has 1 nitrogen and oxygen atoms in total. The van der Waals surface area contributed by atoms with Crippen LogP contribution in [-0.2, 0) is 0 Å². The highest BCUT2D eigenvalue weighted by atomic mass is 79.9. The lowest BCUT2D eigenvalue weighted by Gasteiger charge is -2.08. The standard InChI is InChI=1S/C12H15BrCl2O/c13-11-9-10(15)5-6-12(11)16-8-4-2-1-3-7-14/h5-6,9H,1-4,7-8H2. The molecule has 0 radical (unpaired) electrons. The van der Waals surface area contributed by atoms with Crippen molar-refractivity contribution in [3.8, 4) is 5.75 Å². The van der Waals surface area contributed by atoms with E-state index in [1.165, 1.54) is 6.42 Å². The summed E-state index contributed by atoms with van der Waals surface area (Å²) in [6.45, 7) is 0.739. The van der Waals surface area contributed by atoms with E-state index in [1.54, 1.807) is 0 Å². The SMILES string of the molecule is ClCCCCCCOc1ccc(Cl)cc1Br. The van der Waals surface area contributed by atoms with Crippen LogP contribution in [0.25, 0.3) is 0 Å². The predicted octanol–water partition coefficient (Wildman–Crippen LogP) is 5.28. The van der Waals surface area contributed by atoms with E-state index in [2.05, 4.69) is 15.9 Å². The highest BCUT2D eigenvalue weighted by Gasteiger charge is 2.01. The molecule has 90 valence electrons. The number of hydrogen-bond acceptors (Lipinski definition) is 1. The number of rotatable bonds is 7. The Morgan fingerprint density at radius 1 is 1.12 bits per heavy atom. The molecule has 16 heavy (non-hydrogen) atoms. The lowest BCUT2D eigenvalue weighted by atomic mass is 10.2. The van der Waals surface area contributed by atoms with Crippen LogP contribution in [0.1, 0.15) is 25.7 Å². The fourth-order valence-electron chi connectivity index (χ4n) is 1.32. The quantitative estimate of drug-likeness (QED) is 0.489. The van der Waals surface area contributed by atoms with Gasteiger partial charge in [-0.1, -0.05) is 24.4 Å². The maximum atomic E-state index is 5.84. The first-order valence-corrected chi connectivity index (χ1v) is 7.08. The van der Waals surface area contributed by atoms with E-state index in [0.717, 1.165) is 42.0 Å². The van der Waals surface area contributed by atoms with Gasteiger partial charge < -0.3 is 4.74 Å². The molecule has 0 aromatic heterocycles. The summed E-state index contributed by atoms with van der Waals surface area (Å²) in [6.07, 6.45) is 4.49. The fourth-order valence-corrected chi connectivity index (χ4v) is 2.31. The summed E-state index contributed by atoms with van der Waals surface area (Å²) in [5.41, 5.74) is 0. The third kappa shape index (κ3) is 5.42. The maximum Gasteiger partial charge on any atom is 0.133 e. The summed E-state index contributed by atoms with van der Waals surface area (Å²) in [6, 6.07) is 5.55. The first kappa shape index (κ1) is 14.1. The zero-order valence-electron chi connectivity index (χ0n) is 9.02. The number of unbranched alkanes of at least 4 members (excludes halogenated alkanes) is 3. The van der Waals surface area contributed by atoms with Crippen LogP contribution < -0.4 is 4.74 Å². The Kier molecular flexibility index (Phi) is 7.26. The normalized spacial score (nSPS) is 10.4. The predicted molar refractivity (Wildman–Crippen MR) is 73.8 cm³/mol. The molecule has 1 rings (SSSR count). The molecule has 0 aliphatic carbocycles. The van der Waals surface area contributed by atoms with Crippen LogP contribution in [-0.4, -0.2) is 12.5 Å². The fraction of sp³-hybridized carbons (Fsp3) is 0.500. The van der Waals surface area contributed by atoms with Gasteiger partial charge >= 0.3 is 0 Å². The smallest absolute Gasteiger partial charge is 0.133 e. The van der Waals surface area contributed by atoms with Crippen LogP contribution in [0.2, 0.25) is 5.02 Å². The molecule has 0 aliphatic heterocycles. The van der Waals surface area contributed by atoms with Crippen LogP contribution >= 0.6 is 39.1 Å². The number of alkyl halides is 1. The monoisotopic (exact) mass is 324 g/mol. The van der Waals surface area contributed by atoms with Gasteiger partial charge in [0.1, 0.15) is 5.75 Å². The van der Waals surface area contributed by atoms with Crippen molar-refractivity contribution in [2.24, 2.45) is 0 Å². The van der Waals surface area contributed by atoms with Crippen LogP contribution in [0.3, 0.4) is 0 Å². The van der Waals surface area contributed by atoms with Crippen molar-refractivity contribution in [3.63, 3.8) is 0 Å². The summed E-state index contributed by atoms with van der Waals surface area (Å²) < 4.78 is 6.54. The Bertz CT molecular complexity index is 318. The van der Waals surface area contributed by atoms with Crippen molar-refractivity contribution >= 4 is 39.1 Å². The van der Waals surface area contributed by atoms with Gasteiger partial charge in [0.05, 0.1) is 11.1 Å². The molecule has 0 heterocycles.